The highest BCUT2D eigenvalue weighted by Crippen LogP contribution is 2.31. The third kappa shape index (κ3) is 6.66. The number of benzene rings is 2. The maximum atomic E-state index is 13.4. The number of thiophene rings is 1. The minimum atomic E-state index is -3.87. The Bertz CT molecular complexity index is 1530. The van der Waals surface area contributed by atoms with Crippen molar-refractivity contribution in [2.24, 2.45) is 5.92 Å². The van der Waals surface area contributed by atoms with E-state index in [2.05, 4.69) is 4.72 Å². The van der Waals surface area contributed by atoms with Crippen molar-refractivity contribution in [3.63, 3.8) is 0 Å². The monoisotopic (exact) mass is 607 g/mol. The van der Waals surface area contributed by atoms with Crippen LogP contribution in [0, 0.1) is 5.92 Å². The molecule has 0 saturated carbocycles. The molecule has 4 rings (SSSR count). The van der Waals surface area contributed by atoms with E-state index in [-0.39, 0.29) is 52.7 Å². The van der Waals surface area contributed by atoms with Gasteiger partial charge in [0.15, 0.2) is 0 Å². The molecule has 216 valence electrons. The number of carbonyl (C=O) groups excluding carboxylic acids is 1. The number of nitrogens with one attached hydrogen (secondary N) is 1. The number of anilines is 1. The summed E-state index contributed by atoms with van der Waals surface area (Å²) in [6.07, 6.45) is -0.742. The van der Waals surface area contributed by atoms with Crippen LogP contribution in [0.15, 0.2) is 75.1 Å². The van der Waals surface area contributed by atoms with Crippen LogP contribution in [-0.2, 0) is 31.3 Å². The number of hydrogen-bond donors (Lipinski definition) is 2. The van der Waals surface area contributed by atoms with Gasteiger partial charge in [-0.3, -0.25) is 9.52 Å². The summed E-state index contributed by atoms with van der Waals surface area (Å²) in [6.45, 7) is 3.60. The molecule has 2 N–H and O–H groups in total. The third-order valence-electron chi connectivity index (χ3n) is 6.82. The number of likely N-dealkylation sites (N-methyl/N-ethyl adjacent to an activating group) is 1. The topological polar surface area (TPSA) is 133 Å². The van der Waals surface area contributed by atoms with Crippen molar-refractivity contribution in [2.45, 2.75) is 41.5 Å². The zero-order valence-electron chi connectivity index (χ0n) is 22.4. The fraction of sp³-hybridized carbons (Fsp3) is 0.370. The number of carbonyl (C=O) groups is 1. The molecule has 1 amide bonds. The molecule has 0 unspecified atom stereocenters. The van der Waals surface area contributed by atoms with E-state index < -0.39 is 32.2 Å². The van der Waals surface area contributed by atoms with Gasteiger partial charge in [-0.05, 0) is 48.7 Å². The van der Waals surface area contributed by atoms with Crippen LogP contribution in [0.3, 0.4) is 0 Å². The molecule has 1 aliphatic heterocycles. The van der Waals surface area contributed by atoms with Gasteiger partial charge in [-0.25, -0.2) is 16.8 Å². The van der Waals surface area contributed by atoms with Crippen molar-refractivity contribution in [3.8, 4) is 5.75 Å². The lowest BCUT2D eigenvalue weighted by Crippen LogP contribution is -2.48. The first-order valence-electron chi connectivity index (χ1n) is 12.7. The number of ether oxygens (including phenoxy) is 1. The normalized spacial score (nSPS) is 19.2. The minimum Gasteiger partial charge on any atom is -0.488 e. The predicted molar refractivity (Wildman–Crippen MR) is 153 cm³/mol. The van der Waals surface area contributed by atoms with Crippen molar-refractivity contribution in [2.75, 3.05) is 31.5 Å². The Morgan fingerprint density at radius 1 is 1.12 bits per heavy atom. The molecule has 10 nitrogen and oxygen atoms in total. The van der Waals surface area contributed by atoms with Gasteiger partial charge in [0.25, 0.3) is 20.0 Å². The minimum absolute atomic E-state index is 0.0127. The van der Waals surface area contributed by atoms with Crippen LogP contribution in [0.2, 0.25) is 0 Å². The first-order chi connectivity index (χ1) is 18.9. The molecule has 3 atom stereocenters. The van der Waals surface area contributed by atoms with E-state index in [1.165, 1.54) is 23.5 Å². The molecule has 0 fully saturated rings. The van der Waals surface area contributed by atoms with E-state index in [0.717, 1.165) is 11.3 Å². The first-order valence-corrected chi connectivity index (χ1v) is 16.5. The average molecular weight is 608 g/mol. The summed E-state index contributed by atoms with van der Waals surface area (Å²) in [7, 11) is -6.13. The molecule has 0 bridgehead atoms. The molecule has 0 saturated heterocycles. The maximum Gasteiger partial charge on any atom is 0.261 e. The summed E-state index contributed by atoms with van der Waals surface area (Å²) in [5, 5.41) is 11.5. The molecular formula is C27H33N3O7S3. The summed E-state index contributed by atoms with van der Waals surface area (Å²) in [5.41, 5.74) is 0.693. The Balaban J connectivity index is 1.68. The number of nitrogens with zero attached hydrogens (tertiary/aromatic N) is 2. The standard InChI is InChI=1S/C27H33N3O7S3/c1-19-16-30(20(2)18-31)26(32)15-21-14-22(28-39(33,34)23-8-5-4-6-9-23)11-12-24(21)37-25(19)17-29(3)40(35,36)27-10-7-13-38-27/h4-14,19-20,25,28,31H,15-18H2,1-3H3/t19-,20-,25+/m0/s1. The van der Waals surface area contributed by atoms with Gasteiger partial charge in [0.2, 0.25) is 5.91 Å². The Morgan fingerprint density at radius 2 is 1.85 bits per heavy atom. The van der Waals surface area contributed by atoms with Crippen LogP contribution in [0.25, 0.3) is 0 Å². The van der Waals surface area contributed by atoms with Crippen molar-refractivity contribution in [1.82, 2.24) is 9.21 Å². The largest absolute Gasteiger partial charge is 0.488 e. The van der Waals surface area contributed by atoms with Crippen molar-refractivity contribution in [1.29, 1.82) is 0 Å². The van der Waals surface area contributed by atoms with Gasteiger partial charge in [0.1, 0.15) is 16.1 Å². The summed E-state index contributed by atoms with van der Waals surface area (Å²) < 4.78 is 62.4. The summed E-state index contributed by atoms with van der Waals surface area (Å²) >= 11 is 1.13. The van der Waals surface area contributed by atoms with Gasteiger partial charge in [-0.15, -0.1) is 11.3 Å². The van der Waals surface area contributed by atoms with E-state index in [0.29, 0.717) is 11.3 Å². The number of sulfonamides is 2. The molecule has 0 aliphatic carbocycles. The molecule has 40 heavy (non-hydrogen) atoms. The maximum absolute atomic E-state index is 13.4. The van der Waals surface area contributed by atoms with Gasteiger partial charge >= 0.3 is 0 Å². The van der Waals surface area contributed by atoms with Gasteiger partial charge in [-0.1, -0.05) is 31.2 Å². The molecule has 2 aromatic carbocycles. The van der Waals surface area contributed by atoms with Crippen LogP contribution < -0.4 is 9.46 Å². The lowest BCUT2D eigenvalue weighted by Gasteiger charge is -2.33. The van der Waals surface area contributed by atoms with Gasteiger partial charge in [-0.2, -0.15) is 4.31 Å². The second-order valence-electron chi connectivity index (χ2n) is 9.85. The predicted octanol–water partition coefficient (Wildman–Crippen LogP) is 3.02. The highest BCUT2D eigenvalue weighted by atomic mass is 32.2. The molecule has 2 heterocycles. The highest BCUT2D eigenvalue weighted by molar-refractivity contribution is 7.92. The molecule has 0 spiro atoms. The second kappa shape index (κ2) is 12.3. The lowest BCUT2D eigenvalue weighted by atomic mass is 10.0. The van der Waals surface area contributed by atoms with Crippen LogP contribution >= 0.6 is 11.3 Å². The molecule has 1 aliphatic rings. The Labute approximate surface area is 239 Å². The van der Waals surface area contributed by atoms with Crippen LogP contribution in [-0.4, -0.2) is 75.9 Å². The Hall–Kier alpha value is -2.97. The van der Waals surface area contributed by atoms with E-state index in [1.54, 1.807) is 65.7 Å². The third-order valence-corrected chi connectivity index (χ3v) is 11.4. The highest BCUT2D eigenvalue weighted by Gasteiger charge is 2.33. The quantitative estimate of drug-likeness (QED) is 0.382. The van der Waals surface area contributed by atoms with Gasteiger partial charge in [0, 0.05) is 30.8 Å². The summed E-state index contributed by atoms with van der Waals surface area (Å²) in [5.74, 6) is -0.212. The molecule has 0 radical (unpaired) electrons. The zero-order chi connectivity index (χ0) is 29.1. The summed E-state index contributed by atoms with van der Waals surface area (Å²) in [6, 6.07) is 15.3. The van der Waals surface area contributed by atoms with Crippen molar-refractivity contribution in [3.05, 3.63) is 71.6 Å². The van der Waals surface area contributed by atoms with Crippen LogP contribution in [0.1, 0.15) is 19.4 Å². The first kappa shape index (κ1) is 30.0. The van der Waals surface area contributed by atoms with Crippen LogP contribution in [0.4, 0.5) is 5.69 Å². The molecule has 3 aromatic rings. The Kier molecular flexibility index (Phi) is 9.20. The average Bonchev–Trinajstić information content (AvgIpc) is 3.49. The summed E-state index contributed by atoms with van der Waals surface area (Å²) in [4.78, 5) is 15.1. The SMILES string of the molecule is C[C@H]1CN([C@@H](C)CO)C(=O)Cc2cc(NS(=O)(=O)c3ccccc3)ccc2O[C@@H]1CN(C)S(=O)(=O)c1cccs1. The number of fused-ring (bicyclic) bond motifs is 1. The molecular weight excluding hydrogens is 575 g/mol. The fourth-order valence-corrected chi connectivity index (χ4v) is 7.89. The van der Waals surface area contributed by atoms with Gasteiger partial charge < -0.3 is 14.7 Å². The molecule has 13 heteroatoms. The number of aliphatic hydroxyl groups is 1. The van der Waals surface area contributed by atoms with Crippen molar-refractivity contribution < 1.29 is 31.5 Å². The zero-order valence-corrected chi connectivity index (χ0v) is 24.9. The van der Waals surface area contributed by atoms with Gasteiger partial charge in [0.05, 0.1) is 30.5 Å². The van der Waals surface area contributed by atoms with E-state index in [4.69, 9.17) is 4.74 Å². The Morgan fingerprint density at radius 3 is 2.50 bits per heavy atom. The van der Waals surface area contributed by atoms with E-state index in [9.17, 15) is 26.7 Å². The number of amides is 1. The smallest absolute Gasteiger partial charge is 0.261 e. The lowest BCUT2D eigenvalue weighted by molar-refractivity contribution is -0.134. The number of rotatable bonds is 9. The van der Waals surface area contributed by atoms with E-state index in [1.807, 2.05) is 6.92 Å². The van der Waals surface area contributed by atoms with E-state index >= 15 is 0 Å². The molecule has 1 aromatic heterocycles. The number of aliphatic hydroxyl groups excluding tert-OH is 1. The number of hydrogen-bond acceptors (Lipinski definition) is 8. The van der Waals surface area contributed by atoms with Crippen molar-refractivity contribution >= 4 is 43.0 Å². The second-order valence-corrected chi connectivity index (χ2v) is 14.7. The fourth-order valence-electron chi connectivity index (χ4n) is 4.44. The van der Waals surface area contributed by atoms with Crippen LogP contribution in [0.5, 0.6) is 5.75 Å².